The Hall–Kier alpha value is -1.82. The van der Waals surface area contributed by atoms with Crippen molar-refractivity contribution >= 4 is 28.9 Å². The van der Waals surface area contributed by atoms with Gasteiger partial charge in [-0.15, -0.1) is 11.3 Å². The highest BCUT2D eigenvalue weighted by Crippen LogP contribution is 2.27. The smallest absolute Gasteiger partial charge is 0.223 e. The number of aromatic nitrogens is 2. The topological polar surface area (TPSA) is 75.9 Å². The Morgan fingerprint density at radius 1 is 1.32 bits per heavy atom. The van der Waals surface area contributed by atoms with Crippen molar-refractivity contribution < 1.29 is 0 Å². The fourth-order valence-corrected chi connectivity index (χ4v) is 2.60. The zero-order valence-corrected chi connectivity index (χ0v) is 12.2. The summed E-state index contributed by atoms with van der Waals surface area (Å²) in [7, 11) is 1.81. The second-order valence-electron chi connectivity index (χ2n) is 4.96. The molecule has 2 aromatic heterocycles. The molecule has 19 heavy (non-hydrogen) atoms. The molecule has 0 aliphatic carbocycles. The van der Waals surface area contributed by atoms with Crippen LogP contribution in [0.4, 0.5) is 17.6 Å². The summed E-state index contributed by atoms with van der Waals surface area (Å²) in [5.41, 5.74) is 5.72. The molecule has 0 aliphatic heterocycles. The van der Waals surface area contributed by atoms with Crippen LogP contribution in [0.1, 0.15) is 18.7 Å². The molecule has 0 spiro atoms. The summed E-state index contributed by atoms with van der Waals surface area (Å²) < 4.78 is 0. The Bertz CT molecular complexity index is 536. The van der Waals surface area contributed by atoms with E-state index >= 15 is 0 Å². The zero-order chi connectivity index (χ0) is 13.9. The van der Waals surface area contributed by atoms with Gasteiger partial charge in [-0.3, -0.25) is 0 Å². The van der Waals surface area contributed by atoms with Crippen molar-refractivity contribution in [3.05, 3.63) is 28.5 Å². The fourth-order valence-electron chi connectivity index (χ4n) is 1.75. The van der Waals surface area contributed by atoms with Gasteiger partial charge in [0.1, 0.15) is 11.6 Å². The molecule has 0 radical (unpaired) electrons. The number of hydrogen-bond acceptors (Lipinski definition) is 6. The van der Waals surface area contributed by atoms with Gasteiger partial charge < -0.3 is 16.4 Å². The van der Waals surface area contributed by atoms with Crippen LogP contribution in [-0.4, -0.2) is 23.6 Å². The average Bonchev–Trinajstić information content (AvgIpc) is 2.90. The monoisotopic (exact) mass is 277 g/mol. The molecule has 5 nitrogen and oxygen atoms in total. The van der Waals surface area contributed by atoms with Crippen LogP contribution in [-0.2, 0) is 5.41 Å². The SMILES string of the molecule is CNc1cc(NCC(C)(C)c2cccs2)nc(N)n1. The third-order valence-corrected chi connectivity index (χ3v) is 4.14. The Labute approximate surface area is 117 Å². The minimum atomic E-state index is 0.0493. The largest absolute Gasteiger partial charge is 0.373 e. The van der Waals surface area contributed by atoms with Crippen LogP contribution in [0, 0.1) is 0 Å². The first-order valence-corrected chi connectivity index (χ1v) is 6.99. The van der Waals surface area contributed by atoms with Crippen molar-refractivity contribution in [3.63, 3.8) is 0 Å². The second-order valence-corrected chi connectivity index (χ2v) is 5.91. The van der Waals surface area contributed by atoms with E-state index in [2.05, 4.69) is 52.0 Å². The van der Waals surface area contributed by atoms with E-state index in [0.717, 1.165) is 12.4 Å². The first-order valence-electron chi connectivity index (χ1n) is 6.11. The molecule has 0 amide bonds. The maximum absolute atomic E-state index is 5.67. The van der Waals surface area contributed by atoms with Crippen LogP contribution < -0.4 is 16.4 Å². The Morgan fingerprint density at radius 2 is 2.05 bits per heavy atom. The third kappa shape index (κ3) is 3.35. The number of thiophene rings is 1. The average molecular weight is 277 g/mol. The summed E-state index contributed by atoms with van der Waals surface area (Å²) in [6, 6.07) is 6.07. The Morgan fingerprint density at radius 3 is 2.68 bits per heavy atom. The van der Waals surface area contributed by atoms with E-state index in [4.69, 9.17) is 5.73 Å². The predicted octanol–water partition coefficient (Wildman–Crippen LogP) is 2.55. The number of nitrogens with one attached hydrogen (secondary N) is 2. The number of nitrogen functional groups attached to an aromatic ring is 1. The zero-order valence-electron chi connectivity index (χ0n) is 11.4. The molecule has 0 fully saturated rings. The number of rotatable bonds is 5. The highest BCUT2D eigenvalue weighted by atomic mass is 32.1. The van der Waals surface area contributed by atoms with E-state index in [0.29, 0.717) is 5.82 Å². The molecule has 2 rings (SSSR count). The lowest BCUT2D eigenvalue weighted by Gasteiger charge is -2.24. The van der Waals surface area contributed by atoms with Crippen LogP contribution in [0.15, 0.2) is 23.6 Å². The number of anilines is 3. The van der Waals surface area contributed by atoms with Gasteiger partial charge in [0.05, 0.1) is 0 Å². The van der Waals surface area contributed by atoms with Gasteiger partial charge in [0.2, 0.25) is 5.95 Å². The van der Waals surface area contributed by atoms with Crippen molar-refractivity contribution in [2.75, 3.05) is 30.0 Å². The van der Waals surface area contributed by atoms with Gasteiger partial charge in [-0.05, 0) is 11.4 Å². The number of nitrogens with zero attached hydrogens (tertiary/aromatic N) is 2. The molecule has 2 aromatic rings. The number of nitrogens with two attached hydrogens (primary N) is 1. The molecular formula is C13H19N5S. The summed E-state index contributed by atoms with van der Waals surface area (Å²) >= 11 is 1.77. The second kappa shape index (κ2) is 5.44. The molecule has 0 bridgehead atoms. The van der Waals surface area contributed by atoms with E-state index in [9.17, 15) is 0 Å². The molecule has 102 valence electrons. The summed E-state index contributed by atoms with van der Waals surface area (Å²) in [5, 5.41) is 8.38. The van der Waals surface area contributed by atoms with E-state index in [1.165, 1.54) is 4.88 Å². The van der Waals surface area contributed by atoms with Crippen LogP contribution in [0.5, 0.6) is 0 Å². The molecule has 0 saturated heterocycles. The van der Waals surface area contributed by atoms with Gasteiger partial charge in [-0.1, -0.05) is 19.9 Å². The lowest BCUT2D eigenvalue weighted by Crippen LogP contribution is -2.27. The normalized spacial score (nSPS) is 11.3. The summed E-state index contributed by atoms with van der Waals surface area (Å²) in [6.07, 6.45) is 0. The molecule has 4 N–H and O–H groups in total. The number of hydrogen-bond donors (Lipinski definition) is 3. The first-order chi connectivity index (χ1) is 9.01. The molecule has 2 heterocycles. The molecular weight excluding hydrogens is 258 g/mol. The Kier molecular flexibility index (Phi) is 3.90. The summed E-state index contributed by atoms with van der Waals surface area (Å²) in [4.78, 5) is 9.59. The molecule has 0 aromatic carbocycles. The lowest BCUT2D eigenvalue weighted by molar-refractivity contribution is 0.568. The van der Waals surface area contributed by atoms with Gasteiger partial charge in [0, 0.05) is 30.0 Å². The van der Waals surface area contributed by atoms with E-state index < -0.39 is 0 Å². The summed E-state index contributed by atoms with van der Waals surface area (Å²) in [5.74, 6) is 1.72. The standard InChI is InChI=1S/C13H19N5S/c1-13(2,9-5-4-6-19-9)8-16-11-7-10(15-3)17-12(14)18-11/h4-7H,8H2,1-3H3,(H4,14,15,16,17,18). The summed E-state index contributed by atoms with van der Waals surface area (Å²) in [6.45, 7) is 5.19. The van der Waals surface area contributed by atoms with Crippen molar-refractivity contribution in [1.82, 2.24) is 9.97 Å². The van der Waals surface area contributed by atoms with E-state index in [1.54, 1.807) is 18.4 Å². The van der Waals surface area contributed by atoms with Gasteiger partial charge >= 0.3 is 0 Å². The predicted molar refractivity (Wildman–Crippen MR) is 81.8 cm³/mol. The fraction of sp³-hybridized carbons (Fsp3) is 0.385. The van der Waals surface area contributed by atoms with E-state index in [1.807, 2.05) is 6.07 Å². The molecule has 0 unspecified atom stereocenters. The minimum Gasteiger partial charge on any atom is -0.373 e. The van der Waals surface area contributed by atoms with Gasteiger partial charge in [-0.25, -0.2) is 0 Å². The molecule has 0 aliphatic rings. The van der Waals surface area contributed by atoms with Gasteiger partial charge in [0.25, 0.3) is 0 Å². The van der Waals surface area contributed by atoms with Crippen LogP contribution in [0.2, 0.25) is 0 Å². The van der Waals surface area contributed by atoms with E-state index in [-0.39, 0.29) is 11.4 Å². The molecule has 0 saturated carbocycles. The van der Waals surface area contributed by atoms with Crippen LogP contribution in [0.25, 0.3) is 0 Å². The van der Waals surface area contributed by atoms with Crippen molar-refractivity contribution in [2.45, 2.75) is 19.3 Å². The first kappa shape index (κ1) is 13.6. The van der Waals surface area contributed by atoms with Crippen molar-refractivity contribution in [3.8, 4) is 0 Å². The highest BCUT2D eigenvalue weighted by molar-refractivity contribution is 7.10. The lowest BCUT2D eigenvalue weighted by atomic mass is 9.91. The quantitative estimate of drug-likeness (QED) is 0.783. The van der Waals surface area contributed by atoms with Crippen molar-refractivity contribution in [2.24, 2.45) is 0 Å². The maximum atomic E-state index is 5.67. The maximum Gasteiger partial charge on any atom is 0.223 e. The van der Waals surface area contributed by atoms with Gasteiger partial charge in [0.15, 0.2) is 0 Å². The third-order valence-electron chi connectivity index (χ3n) is 2.90. The van der Waals surface area contributed by atoms with Crippen LogP contribution in [0.3, 0.4) is 0 Å². The Balaban J connectivity index is 2.08. The minimum absolute atomic E-state index is 0.0493. The molecule has 0 atom stereocenters. The highest BCUT2D eigenvalue weighted by Gasteiger charge is 2.21. The van der Waals surface area contributed by atoms with Crippen molar-refractivity contribution in [1.29, 1.82) is 0 Å². The molecule has 6 heteroatoms. The van der Waals surface area contributed by atoms with Gasteiger partial charge in [-0.2, -0.15) is 9.97 Å². The van der Waals surface area contributed by atoms with Crippen LogP contribution >= 0.6 is 11.3 Å².